The Balaban J connectivity index is 1.80. The zero-order valence-corrected chi connectivity index (χ0v) is 16.2. The highest BCUT2D eigenvalue weighted by Gasteiger charge is 2.33. The smallest absolute Gasteiger partial charge is 0.335 e. The minimum absolute atomic E-state index is 0.142. The molecule has 0 saturated carbocycles. The zero-order valence-electron chi connectivity index (χ0n) is 15.4. The topological polar surface area (TPSA) is 70.0 Å². The minimum atomic E-state index is -1.03. The second-order valence-corrected chi connectivity index (χ2v) is 6.90. The van der Waals surface area contributed by atoms with Crippen molar-refractivity contribution in [1.82, 2.24) is 0 Å². The van der Waals surface area contributed by atoms with E-state index in [9.17, 15) is 14.0 Å². The van der Waals surface area contributed by atoms with Gasteiger partial charge in [-0.15, -0.1) is 0 Å². The zero-order chi connectivity index (χ0) is 21.3. The molecule has 3 aromatic carbocycles. The van der Waals surface area contributed by atoms with E-state index in [2.05, 4.69) is 4.99 Å². The van der Waals surface area contributed by atoms with Crippen molar-refractivity contribution in [2.45, 2.75) is 0 Å². The van der Waals surface area contributed by atoms with Crippen molar-refractivity contribution in [1.29, 1.82) is 0 Å². The maximum absolute atomic E-state index is 13.4. The van der Waals surface area contributed by atoms with Crippen molar-refractivity contribution in [2.75, 3.05) is 4.90 Å². The maximum Gasteiger partial charge on any atom is 0.335 e. The normalized spacial score (nSPS) is 14.9. The van der Waals surface area contributed by atoms with Crippen molar-refractivity contribution in [3.63, 3.8) is 0 Å². The molecule has 0 aromatic heterocycles. The van der Waals surface area contributed by atoms with Gasteiger partial charge in [-0.2, -0.15) is 0 Å². The molecule has 1 amide bonds. The summed E-state index contributed by atoms with van der Waals surface area (Å²) in [5.74, 6) is -1.53. The monoisotopic (exact) mass is 420 g/mol. The Morgan fingerprint density at radius 1 is 1.00 bits per heavy atom. The molecule has 0 atom stereocenters. The molecule has 0 spiro atoms. The molecule has 0 fully saturated rings. The number of halogens is 2. The summed E-state index contributed by atoms with van der Waals surface area (Å²) in [5.41, 5.74) is 1.91. The summed E-state index contributed by atoms with van der Waals surface area (Å²) in [7, 11) is 0. The summed E-state index contributed by atoms with van der Waals surface area (Å²) < 4.78 is 13.4. The molecule has 0 radical (unpaired) electrons. The van der Waals surface area contributed by atoms with Crippen LogP contribution in [0.4, 0.5) is 10.1 Å². The molecule has 1 aliphatic rings. The van der Waals surface area contributed by atoms with Crippen LogP contribution in [-0.4, -0.2) is 22.8 Å². The molecule has 7 heteroatoms. The third-order valence-electron chi connectivity index (χ3n) is 4.52. The number of carboxylic acids is 1. The number of anilines is 1. The molecular formula is C23H14ClFN2O3. The number of aromatic carboxylic acids is 1. The van der Waals surface area contributed by atoms with Gasteiger partial charge in [-0.3, -0.25) is 9.69 Å². The highest BCUT2D eigenvalue weighted by molar-refractivity contribution is 6.39. The lowest BCUT2D eigenvalue weighted by Crippen LogP contribution is -2.32. The van der Waals surface area contributed by atoms with Gasteiger partial charge in [0.05, 0.1) is 16.3 Å². The van der Waals surface area contributed by atoms with Crippen LogP contribution in [0, 0.1) is 5.82 Å². The van der Waals surface area contributed by atoms with Gasteiger partial charge in [-0.25, -0.2) is 14.2 Å². The highest BCUT2D eigenvalue weighted by Crippen LogP contribution is 2.30. The van der Waals surface area contributed by atoms with E-state index in [1.165, 1.54) is 41.3 Å². The molecule has 148 valence electrons. The van der Waals surface area contributed by atoms with E-state index in [1.807, 2.05) is 0 Å². The summed E-state index contributed by atoms with van der Waals surface area (Å²) in [6, 6.07) is 18.6. The summed E-state index contributed by atoms with van der Waals surface area (Å²) in [5, 5.41) is 9.45. The van der Waals surface area contributed by atoms with E-state index in [0.29, 0.717) is 27.7 Å². The van der Waals surface area contributed by atoms with Gasteiger partial charge >= 0.3 is 5.97 Å². The van der Waals surface area contributed by atoms with Crippen LogP contribution in [0.15, 0.2) is 83.5 Å². The molecule has 0 unspecified atom stereocenters. The predicted octanol–water partition coefficient (Wildman–Crippen LogP) is 5.01. The Bertz CT molecular complexity index is 1200. The molecule has 0 bridgehead atoms. The number of carboxylic acid groups (broad SMARTS) is 1. The Labute approximate surface area is 176 Å². The molecule has 1 N–H and O–H groups in total. The van der Waals surface area contributed by atoms with Gasteiger partial charge in [0.2, 0.25) is 0 Å². The Hall–Kier alpha value is -3.77. The van der Waals surface area contributed by atoms with E-state index < -0.39 is 17.7 Å². The standard InChI is InChI=1S/C23H14ClFN2O3/c24-19-4-2-1-3-18(19)21-26-20(13-14-5-7-15(8-6-14)23(29)30)22(28)27(21)17-11-9-16(25)10-12-17/h1-13H,(H,29,30)/b20-13+. The first-order valence-corrected chi connectivity index (χ1v) is 9.30. The van der Waals surface area contributed by atoms with Gasteiger partial charge in [0.15, 0.2) is 0 Å². The van der Waals surface area contributed by atoms with E-state index in [-0.39, 0.29) is 11.3 Å². The predicted molar refractivity (Wildman–Crippen MR) is 113 cm³/mol. The van der Waals surface area contributed by atoms with Crippen molar-refractivity contribution in [2.24, 2.45) is 4.99 Å². The van der Waals surface area contributed by atoms with E-state index in [1.54, 1.807) is 42.5 Å². The van der Waals surface area contributed by atoms with Gasteiger partial charge in [0, 0.05) is 5.56 Å². The van der Waals surface area contributed by atoms with Gasteiger partial charge in [-0.05, 0) is 60.2 Å². The first-order chi connectivity index (χ1) is 14.4. The Kier molecular flexibility index (Phi) is 5.16. The molecule has 3 aromatic rings. The average Bonchev–Trinajstić information content (AvgIpc) is 3.05. The quantitative estimate of drug-likeness (QED) is 0.603. The molecule has 30 heavy (non-hydrogen) atoms. The van der Waals surface area contributed by atoms with E-state index >= 15 is 0 Å². The van der Waals surface area contributed by atoms with Crippen LogP contribution in [0.2, 0.25) is 5.02 Å². The summed E-state index contributed by atoms with van der Waals surface area (Å²) in [6.07, 6.45) is 1.56. The van der Waals surface area contributed by atoms with Crippen molar-refractivity contribution >= 4 is 41.1 Å². The van der Waals surface area contributed by atoms with E-state index in [0.717, 1.165) is 0 Å². The first-order valence-electron chi connectivity index (χ1n) is 8.93. The third-order valence-corrected chi connectivity index (χ3v) is 4.85. The fourth-order valence-electron chi connectivity index (χ4n) is 3.05. The molecule has 1 aliphatic heterocycles. The molecule has 0 saturated heterocycles. The lowest BCUT2D eigenvalue weighted by molar-refractivity contribution is -0.113. The number of benzene rings is 3. The van der Waals surface area contributed by atoms with Crippen LogP contribution in [0.1, 0.15) is 21.5 Å². The maximum atomic E-state index is 13.4. The molecule has 5 nitrogen and oxygen atoms in total. The Morgan fingerprint density at radius 3 is 2.30 bits per heavy atom. The van der Waals surface area contributed by atoms with Crippen LogP contribution in [0.3, 0.4) is 0 Å². The Morgan fingerprint density at radius 2 is 1.67 bits per heavy atom. The van der Waals surface area contributed by atoms with Crippen molar-refractivity contribution in [3.05, 3.63) is 106 Å². The van der Waals surface area contributed by atoms with Crippen LogP contribution in [0.5, 0.6) is 0 Å². The van der Waals surface area contributed by atoms with Gasteiger partial charge in [0.1, 0.15) is 17.3 Å². The molecular weight excluding hydrogens is 407 g/mol. The number of carbonyl (C=O) groups is 2. The lowest BCUT2D eigenvalue weighted by Gasteiger charge is -2.19. The van der Waals surface area contributed by atoms with Crippen LogP contribution < -0.4 is 4.90 Å². The average molecular weight is 421 g/mol. The number of hydrogen-bond acceptors (Lipinski definition) is 3. The molecule has 4 rings (SSSR count). The molecule has 1 heterocycles. The van der Waals surface area contributed by atoms with Gasteiger partial charge in [0.25, 0.3) is 5.91 Å². The number of rotatable bonds is 4. The van der Waals surface area contributed by atoms with Gasteiger partial charge in [-0.1, -0.05) is 35.9 Å². The number of nitrogens with zero attached hydrogens (tertiary/aromatic N) is 2. The summed E-state index contributed by atoms with van der Waals surface area (Å²) in [4.78, 5) is 30.1. The fraction of sp³-hybridized carbons (Fsp3) is 0. The van der Waals surface area contributed by atoms with Crippen LogP contribution in [0.25, 0.3) is 6.08 Å². The van der Waals surface area contributed by atoms with E-state index in [4.69, 9.17) is 16.7 Å². The van der Waals surface area contributed by atoms with Gasteiger partial charge < -0.3 is 5.11 Å². The summed E-state index contributed by atoms with van der Waals surface area (Å²) in [6.45, 7) is 0. The van der Waals surface area contributed by atoms with Crippen LogP contribution in [-0.2, 0) is 4.79 Å². The van der Waals surface area contributed by atoms with Crippen LogP contribution >= 0.6 is 11.6 Å². The largest absolute Gasteiger partial charge is 0.478 e. The number of hydrogen-bond donors (Lipinski definition) is 1. The number of amides is 1. The second kappa shape index (κ2) is 7.93. The first kappa shape index (κ1) is 19.5. The van der Waals surface area contributed by atoms with Crippen molar-refractivity contribution < 1.29 is 19.1 Å². The lowest BCUT2D eigenvalue weighted by atomic mass is 10.1. The summed E-state index contributed by atoms with van der Waals surface area (Å²) >= 11 is 6.33. The number of aliphatic imine (C=N–C) groups is 1. The fourth-order valence-corrected chi connectivity index (χ4v) is 3.27. The highest BCUT2D eigenvalue weighted by atomic mass is 35.5. The second-order valence-electron chi connectivity index (χ2n) is 6.49. The third kappa shape index (κ3) is 3.73. The SMILES string of the molecule is O=C(O)c1ccc(/C=C2/N=C(c3ccccc3Cl)N(c3ccc(F)cc3)C2=O)cc1. The minimum Gasteiger partial charge on any atom is -0.478 e. The number of amidine groups is 1. The molecule has 0 aliphatic carbocycles. The number of carbonyl (C=O) groups excluding carboxylic acids is 1. The van der Waals surface area contributed by atoms with Crippen molar-refractivity contribution in [3.8, 4) is 0 Å².